The Labute approximate surface area is 99.8 Å². The predicted molar refractivity (Wildman–Crippen MR) is 57.3 cm³/mol. The molecule has 6 nitrogen and oxygen atoms in total. The van der Waals surface area contributed by atoms with Crippen molar-refractivity contribution in [3.63, 3.8) is 0 Å². The summed E-state index contributed by atoms with van der Waals surface area (Å²) in [5, 5.41) is 8.73. The lowest BCUT2D eigenvalue weighted by Crippen LogP contribution is -2.46. The first-order valence-corrected chi connectivity index (χ1v) is 5.49. The molecule has 0 aromatic carbocycles. The van der Waals surface area contributed by atoms with E-state index >= 15 is 0 Å². The molecule has 1 saturated heterocycles. The highest BCUT2D eigenvalue weighted by atomic mass is 16.7. The summed E-state index contributed by atoms with van der Waals surface area (Å²) in [6.07, 6.45) is -0.421. The fraction of sp³-hybridized carbons (Fsp3) is 0.818. The van der Waals surface area contributed by atoms with Gasteiger partial charge in [0.1, 0.15) is 6.61 Å². The number of ether oxygens (including phenoxy) is 3. The van der Waals surface area contributed by atoms with Crippen LogP contribution in [0.4, 0.5) is 0 Å². The smallest absolute Gasteiger partial charge is 0.305 e. The Morgan fingerprint density at radius 2 is 1.94 bits per heavy atom. The van der Waals surface area contributed by atoms with Crippen molar-refractivity contribution >= 4 is 11.9 Å². The second-order valence-electron chi connectivity index (χ2n) is 4.52. The van der Waals surface area contributed by atoms with Crippen LogP contribution in [0.5, 0.6) is 0 Å². The van der Waals surface area contributed by atoms with Crippen LogP contribution in [0.25, 0.3) is 0 Å². The molecule has 0 amide bonds. The van der Waals surface area contributed by atoms with Gasteiger partial charge >= 0.3 is 11.9 Å². The molecule has 1 heterocycles. The zero-order valence-electron chi connectivity index (χ0n) is 10.3. The van der Waals surface area contributed by atoms with Gasteiger partial charge in [-0.3, -0.25) is 9.59 Å². The molecule has 0 unspecified atom stereocenters. The Morgan fingerprint density at radius 1 is 1.35 bits per heavy atom. The van der Waals surface area contributed by atoms with Crippen molar-refractivity contribution in [3.8, 4) is 0 Å². The molecule has 0 radical (unpaired) electrons. The van der Waals surface area contributed by atoms with Gasteiger partial charge in [0.05, 0.1) is 18.6 Å². The van der Waals surface area contributed by atoms with Crippen LogP contribution in [-0.2, 0) is 23.8 Å². The molecule has 17 heavy (non-hydrogen) atoms. The van der Waals surface area contributed by atoms with Crippen molar-refractivity contribution in [1.29, 1.82) is 0 Å². The number of hydrogen-bond acceptors (Lipinski definition) is 5. The summed E-state index contributed by atoms with van der Waals surface area (Å²) >= 11 is 0. The van der Waals surface area contributed by atoms with Gasteiger partial charge in [0.2, 0.25) is 0 Å². The third kappa shape index (κ3) is 5.14. The van der Waals surface area contributed by atoms with Gasteiger partial charge in [-0.2, -0.15) is 0 Å². The number of carboxylic acid groups (broad SMARTS) is 1. The quantitative estimate of drug-likeness (QED) is 0.743. The number of esters is 1. The van der Waals surface area contributed by atoms with Crippen LogP contribution in [0, 0.1) is 0 Å². The average molecular weight is 246 g/mol. The number of carboxylic acids is 1. The van der Waals surface area contributed by atoms with Crippen LogP contribution >= 0.6 is 0 Å². The molecule has 0 aromatic heterocycles. The van der Waals surface area contributed by atoms with E-state index in [2.05, 4.69) is 0 Å². The first-order valence-electron chi connectivity index (χ1n) is 5.49. The van der Waals surface area contributed by atoms with Crippen LogP contribution in [0.2, 0.25) is 0 Å². The zero-order valence-corrected chi connectivity index (χ0v) is 10.3. The van der Waals surface area contributed by atoms with E-state index in [4.69, 9.17) is 19.3 Å². The summed E-state index contributed by atoms with van der Waals surface area (Å²) in [6.45, 7) is 4.86. The van der Waals surface area contributed by atoms with E-state index in [1.165, 1.54) is 6.92 Å². The topological polar surface area (TPSA) is 82.1 Å². The number of hydrogen-bond donors (Lipinski definition) is 1. The molecule has 0 aromatic rings. The molecule has 1 aliphatic heterocycles. The highest BCUT2D eigenvalue weighted by Crippen LogP contribution is 2.28. The first-order chi connectivity index (χ1) is 7.78. The standard InChI is InChI=1S/C11H18O6/c1-7(12)15-6-9-4-8(5-10(13)14)16-11(2,3)17-9/h8-9H,4-6H2,1-3H3,(H,13,14)/t8-,9+/m1/s1. The fourth-order valence-electron chi connectivity index (χ4n) is 1.85. The van der Waals surface area contributed by atoms with Crippen molar-refractivity contribution in [2.24, 2.45) is 0 Å². The van der Waals surface area contributed by atoms with Crippen LogP contribution < -0.4 is 0 Å². The molecule has 1 aliphatic rings. The van der Waals surface area contributed by atoms with Gasteiger partial charge in [-0.05, 0) is 13.8 Å². The van der Waals surface area contributed by atoms with E-state index < -0.39 is 17.9 Å². The number of carbonyl (C=O) groups excluding carboxylic acids is 1. The Kier molecular flexibility index (Phi) is 4.47. The second-order valence-corrected chi connectivity index (χ2v) is 4.52. The van der Waals surface area contributed by atoms with Gasteiger partial charge in [-0.15, -0.1) is 0 Å². The molecule has 1 rings (SSSR count). The number of carbonyl (C=O) groups is 2. The van der Waals surface area contributed by atoms with Crippen LogP contribution in [-0.4, -0.2) is 41.6 Å². The molecule has 0 saturated carbocycles. The zero-order chi connectivity index (χ0) is 13.1. The summed E-state index contributed by atoms with van der Waals surface area (Å²) in [5.41, 5.74) is 0. The molecule has 0 bridgehead atoms. The molecule has 1 N–H and O–H groups in total. The third-order valence-corrected chi connectivity index (χ3v) is 2.30. The lowest BCUT2D eigenvalue weighted by molar-refractivity contribution is -0.304. The van der Waals surface area contributed by atoms with Gasteiger partial charge in [-0.25, -0.2) is 0 Å². The van der Waals surface area contributed by atoms with E-state index in [0.717, 1.165) is 0 Å². The average Bonchev–Trinajstić information content (AvgIpc) is 2.10. The predicted octanol–water partition coefficient (Wildman–Crippen LogP) is 0.934. The summed E-state index contributed by atoms with van der Waals surface area (Å²) in [7, 11) is 0. The van der Waals surface area contributed by atoms with Crippen molar-refractivity contribution in [3.05, 3.63) is 0 Å². The van der Waals surface area contributed by atoms with Crippen molar-refractivity contribution in [1.82, 2.24) is 0 Å². The molecular formula is C11H18O6. The van der Waals surface area contributed by atoms with E-state index in [1.54, 1.807) is 13.8 Å². The molecular weight excluding hydrogens is 228 g/mol. The molecule has 0 aliphatic carbocycles. The van der Waals surface area contributed by atoms with Gasteiger partial charge in [0.25, 0.3) is 0 Å². The summed E-state index contributed by atoms with van der Waals surface area (Å²) in [4.78, 5) is 21.3. The van der Waals surface area contributed by atoms with E-state index in [9.17, 15) is 9.59 Å². The Bertz CT molecular complexity index is 298. The van der Waals surface area contributed by atoms with Gasteiger partial charge in [-0.1, -0.05) is 0 Å². The van der Waals surface area contributed by atoms with Crippen molar-refractivity contribution in [2.45, 2.75) is 51.6 Å². The normalized spacial score (nSPS) is 27.5. The van der Waals surface area contributed by atoms with Crippen LogP contribution in [0.1, 0.15) is 33.6 Å². The minimum absolute atomic E-state index is 0.0800. The maximum atomic E-state index is 10.7. The largest absolute Gasteiger partial charge is 0.481 e. The second kappa shape index (κ2) is 5.46. The highest BCUT2D eigenvalue weighted by Gasteiger charge is 2.36. The van der Waals surface area contributed by atoms with Crippen LogP contribution in [0.3, 0.4) is 0 Å². The minimum atomic E-state index is -0.918. The molecule has 98 valence electrons. The Morgan fingerprint density at radius 3 is 2.47 bits per heavy atom. The molecule has 0 spiro atoms. The fourth-order valence-corrected chi connectivity index (χ4v) is 1.85. The molecule has 2 atom stereocenters. The van der Waals surface area contributed by atoms with Crippen molar-refractivity contribution in [2.75, 3.05) is 6.61 Å². The van der Waals surface area contributed by atoms with Gasteiger partial charge < -0.3 is 19.3 Å². The maximum absolute atomic E-state index is 10.7. The highest BCUT2D eigenvalue weighted by molar-refractivity contribution is 5.67. The maximum Gasteiger partial charge on any atom is 0.305 e. The lowest BCUT2D eigenvalue weighted by Gasteiger charge is -2.40. The summed E-state index contributed by atoms with van der Waals surface area (Å²) in [5.74, 6) is -2.16. The number of rotatable bonds is 4. The molecule has 1 fully saturated rings. The first kappa shape index (κ1) is 13.9. The Hall–Kier alpha value is -1.14. The summed E-state index contributed by atoms with van der Waals surface area (Å²) < 4.78 is 15.9. The third-order valence-electron chi connectivity index (χ3n) is 2.30. The minimum Gasteiger partial charge on any atom is -0.481 e. The van der Waals surface area contributed by atoms with E-state index in [-0.39, 0.29) is 25.1 Å². The summed E-state index contributed by atoms with van der Waals surface area (Å²) in [6, 6.07) is 0. The monoisotopic (exact) mass is 246 g/mol. The van der Waals surface area contributed by atoms with Crippen molar-refractivity contribution < 1.29 is 28.9 Å². The van der Waals surface area contributed by atoms with Crippen LogP contribution in [0.15, 0.2) is 0 Å². The van der Waals surface area contributed by atoms with E-state index in [0.29, 0.717) is 6.42 Å². The van der Waals surface area contributed by atoms with Gasteiger partial charge in [0.15, 0.2) is 5.79 Å². The SMILES string of the molecule is CC(=O)OC[C@@H]1C[C@H](CC(=O)O)OC(C)(C)O1. The number of aliphatic carboxylic acids is 1. The molecule has 6 heteroatoms. The Balaban J connectivity index is 2.54. The lowest BCUT2D eigenvalue weighted by atomic mass is 10.1. The van der Waals surface area contributed by atoms with Gasteiger partial charge in [0, 0.05) is 13.3 Å². The van der Waals surface area contributed by atoms with E-state index in [1.807, 2.05) is 0 Å².